The highest BCUT2D eigenvalue weighted by atomic mass is 16.6. The van der Waals surface area contributed by atoms with Gasteiger partial charge in [0.1, 0.15) is 12.2 Å². The normalized spacial score (nSPS) is 11.9. The highest BCUT2D eigenvalue weighted by molar-refractivity contribution is 6.02. The van der Waals surface area contributed by atoms with Crippen LogP contribution in [0.4, 0.5) is 0 Å². The van der Waals surface area contributed by atoms with Gasteiger partial charge in [0.05, 0.1) is 25.2 Å². The topological polar surface area (TPSA) is 88.1 Å². The fourth-order valence-electron chi connectivity index (χ4n) is 2.14. The first-order valence-electron chi connectivity index (χ1n) is 9.13. The molecule has 0 aliphatic heterocycles. The van der Waals surface area contributed by atoms with Crippen LogP contribution >= 0.6 is 0 Å². The molecular formula is C21H28O7. The third kappa shape index (κ3) is 8.24. The first-order chi connectivity index (χ1) is 13.2. The van der Waals surface area contributed by atoms with Gasteiger partial charge < -0.3 is 18.9 Å². The molecule has 0 aromatic heterocycles. The van der Waals surface area contributed by atoms with E-state index in [1.165, 1.54) is 0 Å². The number of benzene rings is 1. The van der Waals surface area contributed by atoms with E-state index in [1.54, 1.807) is 34.6 Å². The summed E-state index contributed by atoms with van der Waals surface area (Å²) in [5.41, 5.74) is -0.268. The van der Waals surface area contributed by atoms with Gasteiger partial charge in [0.25, 0.3) is 0 Å². The SMILES string of the molecule is CCOC(=O)C/C(C(=O)OCC)=C(\OCc1ccccc1)C(=O)OC(C)(C)C. The summed E-state index contributed by atoms with van der Waals surface area (Å²) in [5, 5.41) is 0. The number of carbonyl (C=O) groups excluding carboxylic acids is 3. The molecule has 1 aromatic rings. The standard InChI is InChI=1S/C21H28O7/c1-6-25-17(22)13-16(19(23)26-7-2)18(20(24)28-21(3,4)5)27-14-15-11-9-8-10-12-15/h8-12H,6-7,13-14H2,1-5H3/b18-16+. The summed E-state index contributed by atoms with van der Waals surface area (Å²) in [6.45, 7) is 8.57. The van der Waals surface area contributed by atoms with Crippen molar-refractivity contribution >= 4 is 17.9 Å². The first kappa shape index (κ1) is 23.2. The van der Waals surface area contributed by atoms with Crippen molar-refractivity contribution in [1.82, 2.24) is 0 Å². The molecule has 0 fully saturated rings. The van der Waals surface area contributed by atoms with Gasteiger partial charge in [-0.2, -0.15) is 0 Å². The molecule has 0 unspecified atom stereocenters. The van der Waals surface area contributed by atoms with Gasteiger partial charge in [-0.15, -0.1) is 0 Å². The van der Waals surface area contributed by atoms with Crippen molar-refractivity contribution in [1.29, 1.82) is 0 Å². The van der Waals surface area contributed by atoms with Crippen molar-refractivity contribution in [2.24, 2.45) is 0 Å². The summed E-state index contributed by atoms with van der Waals surface area (Å²) >= 11 is 0. The molecule has 0 saturated heterocycles. The molecule has 0 amide bonds. The van der Waals surface area contributed by atoms with Crippen LogP contribution in [-0.2, 0) is 39.9 Å². The molecule has 154 valence electrons. The third-order valence-corrected chi connectivity index (χ3v) is 3.23. The van der Waals surface area contributed by atoms with Crippen molar-refractivity contribution in [2.75, 3.05) is 13.2 Å². The van der Waals surface area contributed by atoms with Crippen LogP contribution in [-0.4, -0.2) is 36.7 Å². The van der Waals surface area contributed by atoms with Crippen molar-refractivity contribution in [2.45, 2.75) is 53.2 Å². The van der Waals surface area contributed by atoms with Crippen molar-refractivity contribution < 1.29 is 33.3 Å². The zero-order valence-corrected chi connectivity index (χ0v) is 17.1. The lowest BCUT2D eigenvalue weighted by Gasteiger charge is -2.22. The highest BCUT2D eigenvalue weighted by Gasteiger charge is 2.30. The Morgan fingerprint density at radius 2 is 1.46 bits per heavy atom. The highest BCUT2D eigenvalue weighted by Crippen LogP contribution is 2.20. The van der Waals surface area contributed by atoms with E-state index in [1.807, 2.05) is 30.3 Å². The van der Waals surface area contributed by atoms with Gasteiger partial charge in [0.15, 0.2) is 0 Å². The van der Waals surface area contributed by atoms with Gasteiger partial charge >= 0.3 is 17.9 Å². The maximum Gasteiger partial charge on any atom is 0.374 e. The lowest BCUT2D eigenvalue weighted by molar-refractivity contribution is -0.155. The van der Waals surface area contributed by atoms with Gasteiger partial charge in [-0.1, -0.05) is 30.3 Å². The van der Waals surface area contributed by atoms with Gasteiger partial charge in [-0.05, 0) is 40.2 Å². The van der Waals surface area contributed by atoms with Crippen LogP contribution in [0.1, 0.15) is 46.6 Å². The molecule has 0 aliphatic rings. The maximum absolute atomic E-state index is 12.7. The Morgan fingerprint density at radius 1 is 0.857 bits per heavy atom. The lowest BCUT2D eigenvalue weighted by atomic mass is 10.1. The number of ether oxygens (including phenoxy) is 4. The Kier molecular flexibility index (Phi) is 9.21. The molecule has 7 nitrogen and oxygen atoms in total. The lowest BCUT2D eigenvalue weighted by Crippen LogP contribution is -2.28. The van der Waals surface area contributed by atoms with Crippen LogP contribution < -0.4 is 0 Å². The molecule has 1 aromatic carbocycles. The van der Waals surface area contributed by atoms with Crippen LogP contribution in [0, 0.1) is 0 Å². The Bertz CT molecular complexity index is 699. The zero-order valence-electron chi connectivity index (χ0n) is 17.1. The molecule has 0 atom stereocenters. The number of esters is 3. The number of rotatable bonds is 9. The molecule has 28 heavy (non-hydrogen) atoms. The first-order valence-corrected chi connectivity index (χ1v) is 9.13. The van der Waals surface area contributed by atoms with Crippen molar-refractivity contribution in [3.63, 3.8) is 0 Å². The molecule has 0 bridgehead atoms. The van der Waals surface area contributed by atoms with E-state index in [0.29, 0.717) is 0 Å². The molecule has 0 radical (unpaired) electrons. The average molecular weight is 392 g/mol. The van der Waals surface area contributed by atoms with Crippen LogP contribution in [0.25, 0.3) is 0 Å². The third-order valence-electron chi connectivity index (χ3n) is 3.23. The second kappa shape index (κ2) is 11.1. The summed E-state index contributed by atoms with van der Waals surface area (Å²) in [7, 11) is 0. The van der Waals surface area contributed by atoms with E-state index < -0.39 is 29.9 Å². The smallest absolute Gasteiger partial charge is 0.374 e. The molecule has 0 heterocycles. The Balaban J connectivity index is 3.28. The van der Waals surface area contributed by atoms with Crippen LogP contribution in [0.5, 0.6) is 0 Å². The fraction of sp³-hybridized carbons (Fsp3) is 0.476. The largest absolute Gasteiger partial charge is 0.481 e. The quantitative estimate of drug-likeness (QED) is 0.276. The number of hydrogen-bond donors (Lipinski definition) is 0. The Morgan fingerprint density at radius 3 is 2.00 bits per heavy atom. The Labute approximate surface area is 165 Å². The molecule has 7 heteroatoms. The minimum absolute atomic E-state index is 0.0150. The van der Waals surface area contributed by atoms with E-state index in [4.69, 9.17) is 18.9 Å². The minimum Gasteiger partial charge on any atom is -0.481 e. The summed E-state index contributed by atoms with van der Waals surface area (Å²) < 4.78 is 20.9. The van der Waals surface area contributed by atoms with Gasteiger partial charge in [-0.25, -0.2) is 9.59 Å². The molecule has 0 saturated carbocycles. The molecule has 0 aliphatic carbocycles. The van der Waals surface area contributed by atoms with Crippen LogP contribution in [0.2, 0.25) is 0 Å². The second-order valence-corrected chi connectivity index (χ2v) is 6.79. The zero-order chi connectivity index (χ0) is 21.2. The molecule has 0 spiro atoms. The van der Waals surface area contributed by atoms with Gasteiger partial charge in [-0.3, -0.25) is 4.79 Å². The van der Waals surface area contributed by atoms with E-state index in [2.05, 4.69) is 0 Å². The summed E-state index contributed by atoms with van der Waals surface area (Å²) in [6, 6.07) is 9.10. The van der Waals surface area contributed by atoms with Crippen LogP contribution in [0.3, 0.4) is 0 Å². The van der Waals surface area contributed by atoms with Crippen molar-refractivity contribution in [3.05, 3.63) is 47.2 Å². The van der Waals surface area contributed by atoms with Gasteiger partial charge in [0.2, 0.25) is 5.76 Å². The van der Waals surface area contributed by atoms with E-state index in [9.17, 15) is 14.4 Å². The van der Waals surface area contributed by atoms with Crippen LogP contribution in [0.15, 0.2) is 41.7 Å². The molecule has 0 N–H and O–H groups in total. The number of carbonyl (C=O) groups is 3. The summed E-state index contributed by atoms with van der Waals surface area (Å²) in [6.07, 6.45) is -0.462. The Hall–Kier alpha value is -2.83. The minimum atomic E-state index is -0.851. The predicted molar refractivity (Wildman–Crippen MR) is 102 cm³/mol. The van der Waals surface area contributed by atoms with E-state index in [-0.39, 0.29) is 31.2 Å². The average Bonchev–Trinajstić information content (AvgIpc) is 2.60. The van der Waals surface area contributed by atoms with Crippen molar-refractivity contribution in [3.8, 4) is 0 Å². The monoisotopic (exact) mass is 392 g/mol. The number of hydrogen-bond acceptors (Lipinski definition) is 7. The summed E-state index contributed by atoms with van der Waals surface area (Å²) in [5.74, 6) is -2.71. The fourth-order valence-corrected chi connectivity index (χ4v) is 2.14. The maximum atomic E-state index is 12.7. The van der Waals surface area contributed by atoms with E-state index >= 15 is 0 Å². The van der Waals surface area contributed by atoms with Gasteiger partial charge in [0, 0.05) is 0 Å². The molecule has 1 rings (SSSR count). The molecular weight excluding hydrogens is 364 g/mol. The van der Waals surface area contributed by atoms with E-state index in [0.717, 1.165) is 5.56 Å². The predicted octanol–water partition coefficient (Wildman–Crippen LogP) is 3.32. The second-order valence-electron chi connectivity index (χ2n) is 6.79. The summed E-state index contributed by atoms with van der Waals surface area (Å²) in [4.78, 5) is 37.1.